The van der Waals surface area contributed by atoms with Crippen molar-refractivity contribution in [3.8, 4) is 33.4 Å². The summed E-state index contributed by atoms with van der Waals surface area (Å²) in [6.07, 6.45) is 0. The van der Waals surface area contributed by atoms with Gasteiger partial charge in [-0.1, -0.05) is 152 Å². The van der Waals surface area contributed by atoms with Gasteiger partial charge in [-0.15, -0.1) is 0 Å². The molecule has 0 N–H and O–H groups in total. The van der Waals surface area contributed by atoms with E-state index in [1.54, 1.807) is 0 Å². The van der Waals surface area contributed by atoms with E-state index in [1.807, 2.05) is 12.1 Å². The summed E-state index contributed by atoms with van der Waals surface area (Å²) in [7, 11) is 0. The van der Waals surface area contributed by atoms with Gasteiger partial charge in [-0.3, -0.25) is 0 Å². The first kappa shape index (κ1) is 32.0. The lowest BCUT2D eigenvalue weighted by Gasteiger charge is -2.26. The van der Waals surface area contributed by atoms with E-state index >= 15 is 0 Å². The zero-order valence-corrected chi connectivity index (χ0v) is 30.6. The van der Waals surface area contributed by atoms with Crippen LogP contribution in [0.15, 0.2) is 217 Å². The molecule has 2 nitrogen and oxygen atoms in total. The predicted octanol–water partition coefficient (Wildman–Crippen LogP) is 15.5. The van der Waals surface area contributed by atoms with E-state index in [0.717, 1.165) is 50.1 Å². The SMILES string of the molecule is c1cc(-c2ccc3ccccc3c2)cc(N(c2ccc(-c3ccc4c(ccc5ccccc54)c3)cc2)c2ccc(-c3cccc4oc5ccccc5c34)cc2)c1. The average Bonchev–Trinajstić information content (AvgIpc) is 3.66. The molecule has 56 heavy (non-hydrogen) atoms. The monoisotopic (exact) mass is 713 g/mol. The molecule has 0 saturated carbocycles. The molecule has 0 fully saturated rings. The molecule has 0 spiro atoms. The largest absolute Gasteiger partial charge is 0.456 e. The van der Waals surface area contributed by atoms with Crippen LogP contribution in [0.3, 0.4) is 0 Å². The second-order valence-electron chi connectivity index (χ2n) is 14.5. The van der Waals surface area contributed by atoms with Crippen LogP contribution in [0, 0.1) is 0 Å². The van der Waals surface area contributed by atoms with E-state index in [0.29, 0.717) is 0 Å². The Hall–Kier alpha value is -7.42. The average molecular weight is 714 g/mol. The van der Waals surface area contributed by atoms with Crippen LogP contribution in [0.2, 0.25) is 0 Å². The summed E-state index contributed by atoms with van der Waals surface area (Å²) in [5.74, 6) is 0. The summed E-state index contributed by atoms with van der Waals surface area (Å²) in [4.78, 5) is 2.36. The molecule has 11 aromatic rings. The van der Waals surface area contributed by atoms with Gasteiger partial charge in [0.1, 0.15) is 11.2 Å². The first-order valence-electron chi connectivity index (χ1n) is 19.2. The van der Waals surface area contributed by atoms with E-state index in [4.69, 9.17) is 4.42 Å². The van der Waals surface area contributed by atoms with Crippen LogP contribution in [-0.2, 0) is 0 Å². The molecule has 0 radical (unpaired) electrons. The van der Waals surface area contributed by atoms with Crippen LogP contribution < -0.4 is 4.90 Å². The third-order valence-corrected chi connectivity index (χ3v) is 11.2. The lowest BCUT2D eigenvalue weighted by atomic mass is 9.97. The van der Waals surface area contributed by atoms with Gasteiger partial charge in [0.05, 0.1) is 0 Å². The molecule has 0 amide bonds. The molecule has 0 aliphatic heterocycles. The summed E-state index contributed by atoms with van der Waals surface area (Å²) in [5.41, 5.74) is 12.1. The van der Waals surface area contributed by atoms with Gasteiger partial charge in [0.25, 0.3) is 0 Å². The number of anilines is 3. The van der Waals surface area contributed by atoms with Gasteiger partial charge < -0.3 is 9.32 Å². The Morgan fingerprint density at radius 2 is 0.839 bits per heavy atom. The van der Waals surface area contributed by atoms with Gasteiger partial charge in [-0.25, -0.2) is 0 Å². The minimum Gasteiger partial charge on any atom is -0.456 e. The Balaban J connectivity index is 1.00. The van der Waals surface area contributed by atoms with Crippen LogP contribution in [0.5, 0.6) is 0 Å². The smallest absolute Gasteiger partial charge is 0.136 e. The first-order valence-corrected chi connectivity index (χ1v) is 19.2. The number of fused-ring (bicyclic) bond motifs is 7. The molecule has 0 saturated heterocycles. The third kappa shape index (κ3) is 5.51. The van der Waals surface area contributed by atoms with Gasteiger partial charge in [-0.2, -0.15) is 0 Å². The summed E-state index contributed by atoms with van der Waals surface area (Å²) in [6, 6.07) is 76.6. The van der Waals surface area contributed by atoms with E-state index in [2.05, 4.69) is 205 Å². The number of hydrogen-bond acceptors (Lipinski definition) is 2. The van der Waals surface area contributed by atoms with E-state index in [9.17, 15) is 0 Å². The van der Waals surface area contributed by atoms with Crippen molar-refractivity contribution in [1.29, 1.82) is 0 Å². The van der Waals surface area contributed by atoms with Crippen molar-refractivity contribution in [2.24, 2.45) is 0 Å². The minimum absolute atomic E-state index is 0.903. The van der Waals surface area contributed by atoms with Crippen molar-refractivity contribution < 1.29 is 4.42 Å². The normalized spacial score (nSPS) is 11.6. The fourth-order valence-corrected chi connectivity index (χ4v) is 8.44. The molecule has 2 heteroatoms. The van der Waals surface area contributed by atoms with Crippen molar-refractivity contribution in [3.05, 3.63) is 212 Å². The summed E-state index contributed by atoms with van der Waals surface area (Å²) < 4.78 is 6.23. The van der Waals surface area contributed by atoms with Gasteiger partial charge in [0.15, 0.2) is 0 Å². The molecule has 1 heterocycles. The maximum absolute atomic E-state index is 6.23. The van der Waals surface area contributed by atoms with Gasteiger partial charge in [0.2, 0.25) is 0 Å². The van der Waals surface area contributed by atoms with Crippen LogP contribution in [-0.4, -0.2) is 0 Å². The quantitative estimate of drug-likeness (QED) is 0.160. The number of rotatable bonds is 6. The molecule has 262 valence electrons. The highest BCUT2D eigenvalue weighted by molar-refractivity contribution is 6.12. The van der Waals surface area contributed by atoms with Crippen molar-refractivity contribution in [2.75, 3.05) is 4.90 Å². The predicted molar refractivity (Wildman–Crippen MR) is 237 cm³/mol. The van der Waals surface area contributed by atoms with Gasteiger partial charge in [0, 0.05) is 27.8 Å². The van der Waals surface area contributed by atoms with Gasteiger partial charge >= 0.3 is 0 Å². The molecule has 0 bridgehead atoms. The molecule has 0 aliphatic carbocycles. The molecule has 1 aromatic heterocycles. The molecule has 0 unspecified atom stereocenters. The number of para-hydroxylation sites is 1. The summed E-state index contributed by atoms with van der Waals surface area (Å²) in [5, 5.41) is 9.84. The zero-order valence-electron chi connectivity index (χ0n) is 30.6. The number of benzene rings is 10. The van der Waals surface area contributed by atoms with Crippen molar-refractivity contribution in [3.63, 3.8) is 0 Å². The van der Waals surface area contributed by atoms with Crippen LogP contribution in [0.1, 0.15) is 0 Å². The maximum Gasteiger partial charge on any atom is 0.136 e. The molecular weight excluding hydrogens is 679 g/mol. The van der Waals surface area contributed by atoms with E-state index in [-0.39, 0.29) is 0 Å². The maximum atomic E-state index is 6.23. The first-order chi connectivity index (χ1) is 27.7. The van der Waals surface area contributed by atoms with Crippen LogP contribution in [0.4, 0.5) is 17.1 Å². The third-order valence-electron chi connectivity index (χ3n) is 11.2. The number of nitrogens with zero attached hydrogens (tertiary/aromatic N) is 1. The second kappa shape index (κ2) is 13.2. The highest BCUT2D eigenvalue weighted by Crippen LogP contribution is 2.41. The lowest BCUT2D eigenvalue weighted by Crippen LogP contribution is -2.10. The van der Waals surface area contributed by atoms with E-state index < -0.39 is 0 Å². The molecule has 0 atom stereocenters. The fourth-order valence-electron chi connectivity index (χ4n) is 8.44. The van der Waals surface area contributed by atoms with Crippen molar-refractivity contribution >= 4 is 71.3 Å². The molecule has 10 aromatic carbocycles. The standard InChI is InChI=1S/C54H35NO/c1-2-11-40-33-43(21-19-36(40)9-1)41-12-7-13-47(35-41)55(46-30-25-39(26-31-46)50-16-8-18-53-54(50)51-15-5-6-17-52(51)56-53)45-28-23-37(24-29-45)42-27-32-49-44(34-42)22-20-38-10-3-4-14-48(38)49/h1-35H. The highest BCUT2D eigenvalue weighted by Gasteiger charge is 2.17. The molecular formula is C54H35NO. The van der Waals surface area contributed by atoms with Gasteiger partial charge in [-0.05, 0) is 126 Å². The Bertz CT molecular complexity index is 3250. The number of hydrogen-bond donors (Lipinski definition) is 0. The lowest BCUT2D eigenvalue weighted by molar-refractivity contribution is 0.669. The summed E-state index contributed by atoms with van der Waals surface area (Å²) >= 11 is 0. The molecule has 0 aliphatic rings. The summed E-state index contributed by atoms with van der Waals surface area (Å²) in [6.45, 7) is 0. The Morgan fingerprint density at radius 1 is 0.286 bits per heavy atom. The van der Waals surface area contributed by atoms with Crippen LogP contribution >= 0.6 is 0 Å². The van der Waals surface area contributed by atoms with Crippen molar-refractivity contribution in [1.82, 2.24) is 0 Å². The van der Waals surface area contributed by atoms with E-state index in [1.165, 1.54) is 54.6 Å². The minimum atomic E-state index is 0.903. The highest BCUT2D eigenvalue weighted by atomic mass is 16.3. The Labute approximate surface area is 325 Å². The Morgan fingerprint density at radius 3 is 1.68 bits per heavy atom. The zero-order chi connectivity index (χ0) is 37.0. The van der Waals surface area contributed by atoms with Crippen LogP contribution in [0.25, 0.3) is 87.6 Å². The second-order valence-corrected chi connectivity index (χ2v) is 14.5. The molecule has 11 rings (SSSR count). The fraction of sp³-hybridized carbons (Fsp3) is 0. The number of furan rings is 1. The topological polar surface area (TPSA) is 16.4 Å². The Kier molecular flexibility index (Phi) is 7.53. The van der Waals surface area contributed by atoms with Crippen molar-refractivity contribution in [2.45, 2.75) is 0 Å².